The Morgan fingerprint density at radius 2 is 1.98 bits per heavy atom. The van der Waals surface area contributed by atoms with E-state index in [1.807, 2.05) is 60.5 Å². The highest BCUT2D eigenvalue weighted by atomic mass is 32.2. The number of aromatic amines is 1. The van der Waals surface area contributed by atoms with E-state index in [2.05, 4.69) is 45.3 Å². The SMILES string of the molecule is C=S(=O)(c1cccs1)N(C)c1cc(C)cc2cc(C(=O)NCC(CN3CCOCC3)SCc3ccccc3)[nH]c12. The van der Waals surface area contributed by atoms with E-state index in [0.29, 0.717) is 16.4 Å². The van der Waals surface area contributed by atoms with Crippen LogP contribution in [-0.4, -0.2) is 77.6 Å². The minimum atomic E-state index is -2.72. The highest BCUT2D eigenvalue weighted by Crippen LogP contribution is 2.32. The maximum atomic E-state index is 13.7. The van der Waals surface area contributed by atoms with Crippen molar-refractivity contribution in [3.8, 4) is 0 Å². The average molecular weight is 597 g/mol. The standard InChI is InChI=1S/C30H36N4O3S3/c1-22-16-24-18-26(32-29(24)27(17-22)33(2)40(3,36)28-10-7-15-38-28)30(35)31-19-25(20-34-11-13-37-14-12-34)39-21-23-8-5-4-6-9-23/h4-10,15-18,25,32H,3,11-14,19-21H2,1-2H3,(H,31,35). The second-order valence-electron chi connectivity index (χ2n) is 10.0. The fourth-order valence-corrected chi connectivity index (χ4v) is 8.53. The first-order valence-corrected chi connectivity index (χ1v) is 16.9. The third-order valence-corrected chi connectivity index (χ3v) is 11.9. The van der Waals surface area contributed by atoms with Crippen LogP contribution in [0, 0.1) is 6.92 Å². The van der Waals surface area contributed by atoms with Gasteiger partial charge in [0.25, 0.3) is 5.91 Å². The van der Waals surface area contributed by atoms with Crippen LogP contribution in [0.15, 0.2) is 70.3 Å². The van der Waals surface area contributed by atoms with Crippen molar-refractivity contribution in [2.75, 3.05) is 50.7 Å². The van der Waals surface area contributed by atoms with Crippen molar-refractivity contribution in [2.24, 2.45) is 0 Å². The Kier molecular flexibility index (Phi) is 9.22. The van der Waals surface area contributed by atoms with Gasteiger partial charge in [-0.25, -0.2) is 4.21 Å². The van der Waals surface area contributed by atoms with E-state index in [0.717, 1.165) is 60.8 Å². The van der Waals surface area contributed by atoms with Crippen LogP contribution in [0.1, 0.15) is 21.6 Å². The first-order valence-electron chi connectivity index (χ1n) is 13.3. The number of fused-ring (bicyclic) bond motifs is 1. The maximum absolute atomic E-state index is 13.7. The van der Waals surface area contributed by atoms with Crippen molar-refractivity contribution in [2.45, 2.75) is 22.1 Å². The average Bonchev–Trinajstić information content (AvgIpc) is 3.66. The minimum absolute atomic E-state index is 0.150. The molecule has 1 aliphatic rings. The quantitative estimate of drug-likeness (QED) is 0.238. The number of aromatic nitrogens is 1. The number of hydrogen-bond acceptors (Lipinski definition) is 6. The summed E-state index contributed by atoms with van der Waals surface area (Å²) in [5, 5.41) is 6.21. The van der Waals surface area contributed by atoms with E-state index in [1.165, 1.54) is 16.9 Å². The number of aryl methyl sites for hydroxylation is 1. The summed E-state index contributed by atoms with van der Waals surface area (Å²) >= 11 is 3.30. The summed E-state index contributed by atoms with van der Waals surface area (Å²) in [6.45, 7) is 6.77. The zero-order chi connectivity index (χ0) is 28.1. The lowest BCUT2D eigenvalue weighted by Crippen LogP contribution is -2.43. The van der Waals surface area contributed by atoms with Crippen LogP contribution in [0.25, 0.3) is 10.9 Å². The predicted octanol–water partition coefficient (Wildman–Crippen LogP) is 5.03. The molecule has 1 amide bonds. The predicted molar refractivity (Wildman–Crippen MR) is 170 cm³/mol. The van der Waals surface area contributed by atoms with E-state index < -0.39 is 9.71 Å². The second-order valence-corrected chi connectivity index (χ2v) is 14.8. The highest BCUT2D eigenvalue weighted by molar-refractivity contribution is 8.03. The lowest BCUT2D eigenvalue weighted by atomic mass is 10.1. The number of nitrogens with one attached hydrogen (secondary N) is 2. The number of benzene rings is 2. The maximum Gasteiger partial charge on any atom is 0.267 e. The molecule has 40 heavy (non-hydrogen) atoms. The molecule has 0 bridgehead atoms. The summed E-state index contributed by atoms with van der Waals surface area (Å²) in [4.78, 5) is 19.1. The number of hydrogen-bond donors (Lipinski definition) is 2. The Balaban J connectivity index is 1.32. The Hall–Kier alpha value is -2.76. The van der Waals surface area contributed by atoms with Crippen LogP contribution in [0.4, 0.5) is 5.69 Å². The van der Waals surface area contributed by atoms with Gasteiger partial charge in [-0.05, 0) is 53.6 Å². The van der Waals surface area contributed by atoms with Crippen LogP contribution in [-0.2, 0) is 20.2 Å². The van der Waals surface area contributed by atoms with Gasteiger partial charge in [0.15, 0.2) is 0 Å². The topological polar surface area (TPSA) is 77.7 Å². The van der Waals surface area contributed by atoms with Gasteiger partial charge in [-0.3, -0.25) is 14.0 Å². The van der Waals surface area contributed by atoms with Gasteiger partial charge in [-0.2, -0.15) is 11.8 Å². The summed E-state index contributed by atoms with van der Waals surface area (Å²) in [7, 11) is -0.922. The Morgan fingerprint density at radius 3 is 2.70 bits per heavy atom. The van der Waals surface area contributed by atoms with Gasteiger partial charge in [0.1, 0.15) is 9.90 Å². The number of carbonyl (C=O) groups is 1. The molecule has 0 aliphatic carbocycles. The monoisotopic (exact) mass is 596 g/mol. The molecular weight excluding hydrogens is 561 g/mol. The number of H-pyrrole nitrogens is 1. The fraction of sp³-hybridized carbons (Fsp3) is 0.333. The largest absolute Gasteiger partial charge is 0.379 e. The van der Waals surface area contributed by atoms with Crippen molar-refractivity contribution < 1.29 is 13.7 Å². The molecule has 0 radical (unpaired) electrons. The molecular formula is C30H36N4O3S3. The molecule has 1 saturated heterocycles. The van der Waals surface area contributed by atoms with E-state index in [4.69, 9.17) is 4.74 Å². The van der Waals surface area contributed by atoms with Crippen LogP contribution >= 0.6 is 23.1 Å². The molecule has 0 saturated carbocycles. The normalized spacial score (nSPS) is 16.4. The number of anilines is 1. The molecule has 2 aromatic heterocycles. The van der Waals surface area contributed by atoms with Gasteiger partial charge in [-0.15, -0.1) is 11.3 Å². The summed E-state index contributed by atoms with van der Waals surface area (Å²) in [5.41, 5.74) is 4.31. The molecule has 0 spiro atoms. The van der Waals surface area contributed by atoms with E-state index >= 15 is 0 Å². The highest BCUT2D eigenvalue weighted by Gasteiger charge is 2.22. The van der Waals surface area contributed by atoms with E-state index in [1.54, 1.807) is 11.4 Å². The summed E-state index contributed by atoms with van der Waals surface area (Å²) in [6.07, 6.45) is 0. The van der Waals surface area contributed by atoms with Gasteiger partial charge in [-0.1, -0.05) is 36.4 Å². The van der Waals surface area contributed by atoms with Crippen molar-refractivity contribution in [3.63, 3.8) is 0 Å². The van der Waals surface area contributed by atoms with Crippen molar-refractivity contribution in [1.29, 1.82) is 0 Å². The zero-order valence-corrected chi connectivity index (χ0v) is 25.4. The number of thioether (sulfide) groups is 1. The van der Waals surface area contributed by atoms with Gasteiger partial charge in [0, 0.05) is 49.6 Å². The van der Waals surface area contributed by atoms with E-state index in [9.17, 15) is 9.00 Å². The first kappa shape index (κ1) is 28.8. The molecule has 3 heterocycles. The summed E-state index contributed by atoms with van der Waals surface area (Å²) in [6, 6.07) is 20.1. The van der Waals surface area contributed by atoms with Gasteiger partial charge in [0.2, 0.25) is 0 Å². The number of morpholine rings is 1. The number of carbonyl (C=O) groups excluding carboxylic acids is 1. The molecule has 10 heteroatoms. The summed E-state index contributed by atoms with van der Waals surface area (Å²) < 4.78 is 21.6. The smallest absolute Gasteiger partial charge is 0.267 e. The van der Waals surface area contributed by atoms with Gasteiger partial charge in [0.05, 0.1) is 34.1 Å². The molecule has 5 rings (SSSR count). The lowest BCUT2D eigenvalue weighted by Gasteiger charge is -2.30. The Morgan fingerprint density at radius 1 is 1.20 bits per heavy atom. The van der Waals surface area contributed by atoms with E-state index in [-0.39, 0.29) is 11.2 Å². The second kappa shape index (κ2) is 12.8. The Labute approximate surface area is 245 Å². The molecule has 4 aromatic rings. The zero-order valence-electron chi connectivity index (χ0n) is 22.9. The number of amides is 1. The molecule has 2 atom stereocenters. The number of ether oxygens (including phenoxy) is 1. The van der Waals surface area contributed by atoms with Gasteiger partial charge >= 0.3 is 0 Å². The van der Waals surface area contributed by atoms with Crippen LogP contribution in [0.2, 0.25) is 0 Å². The Bertz CT molecular complexity index is 1530. The van der Waals surface area contributed by atoms with Crippen LogP contribution in [0.5, 0.6) is 0 Å². The molecule has 2 aromatic carbocycles. The number of thiophene rings is 1. The van der Waals surface area contributed by atoms with Crippen molar-refractivity contribution >= 4 is 61.2 Å². The fourth-order valence-electron chi connectivity index (χ4n) is 4.82. The summed E-state index contributed by atoms with van der Waals surface area (Å²) in [5.74, 6) is 4.80. The minimum Gasteiger partial charge on any atom is -0.379 e. The molecule has 7 nitrogen and oxygen atoms in total. The van der Waals surface area contributed by atoms with Crippen LogP contribution in [0.3, 0.4) is 0 Å². The van der Waals surface area contributed by atoms with Gasteiger partial charge < -0.3 is 15.0 Å². The number of nitrogens with zero attached hydrogens (tertiary/aromatic N) is 2. The van der Waals surface area contributed by atoms with Crippen LogP contribution < -0.4 is 9.62 Å². The van der Waals surface area contributed by atoms with Crippen molar-refractivity contribution in [3.05, 3.63) is 82.9 Å². The van der Waals surface area contributed by atoms with Crippen molar-refractivity contribution in [1.82, 2.24) is 15.2 Å². The molecule has 2 N–H and O–H groups in total. The third-order valence-electron chi connectivity index (χ3n) is 7.07. The molecule has 1 aliphatic heterocycles. The molecule has 1 fully saturated rings. The molecule has 212 valence electrons. The lowest BCUT2D eigenvalue weighted by molar-refractivity contribution is 0.0381. The first-order chi connectivity index (χ1) is 19.3. The number of rotatable bonds is 11. The third kappa shape index (κ3) is 6.75. The molecule has 2 unspecified atom stereocenters.